The first-order valence-corrected chi connectivity index (χ1v) is 7.63. The third-order valence-corrected chi connectivity index (χ3v) is 4.33. The zero-order chi connectivity index (χ0) is 15.3. The normalized spacial score (nSPS) is 25.8. The fourth-order valence-corrected chi connectivity index (χ4v) is 2.78. The standard InChI is InChI=1S/C14H25N5O2/c1-2-11-3-5-14(21,6-4-11)10-16-13(20)9-19-8-12(7-15)17-18-19/h8,11,21H,2-7,9-10,15H2,1H3,(H,16,20). The van der Waals surface area contributed by atoms with Gasteiger partial charge in [0.25, 0.3) is 0 Å². The molecule has 1 aromatic rings. The molecule has 0 saturated heterocycles. The molecule has 2 rings (SSSR count). The van der Waals surface area contributed by atoms with Gasteiger partial charge in [0.15, 0.2) is 0 Å². The Bertz CT molecular complexity index is 466. The predicted octanol–water partition coefficient (Wildman–Crippen LogP) is 0.184. The van der Waals surface area contributed by atoms with Crippen LogP contribution in [0, 0.1) is 5.92 Å². The maximum Gasteiger partial charge on any atom is 0.241 e. The average Bonchev–Trinajstić information content (AvgIpc) is 2.94. The zero-order valence-corrected chi connectivity index (χ0v) is 12.6. The van der Waals surface area contributed by atoms with E-state index >= 15 is 0 Å². The predicted molar refractivity (Wildman–Crippen MR) is 78.1 cm³/mol. The Kier molecular flexibility index (Phi) is 5.30. The van der Waals surface area contributed by atoms with Crippen molar-refractivity contribution in [3.05, 3.63) is 11.9 Å². The van der Waals surface area contributed by atoms with Gasteiger partial charge in [-0.05, 0) is 31.6 Å². The Hall–Kier alpha value is -1.47. The topological polar surface area (TPSA) is 106 Å². The summed E-state index contributed by atoms with van der Waals surface area (Å²) in [5.74, 6) is 0.542. The van der Waals surface area contributed by atoms with E-state index in [1.54, 1.807) is 6.20 Å². The first-order valence-electron chi connectivity index (χ1n) is 7.63. The van der Waals surface area contributed by atoms with Crippen LogP contribution in [0.4, 0.5) is 0 Å². The lowest BCUT2D eigenvalue weighted by Gasteiger charge is -2.35. The maximum absolute atomic E-state index is 11.9. The van der Waals surface area contributed by atoms with Crippen molar-refractivity contribution in [2.24, 2.45) is 11.7 Å². The Balaban J connectivity index is 1.76. The highest BCUT2D eigenvalue weighted by atomic mass is 16.3. The maximum atomic E-state index is 11.9. The van der Waals surface area contributed by atoms with Gasteiger partial charge in [-0.15, -0.1) is 5.10 Å². The van der Waals surface area contributed by atoms with Crippen LogP contribution in [0.2, 0.25) is 0 Å². The second kappa shape index (κ2) is 7.00. The van der Waals surface area contributed by atoms with Crippen LogP contribution in [-0.2, 0) is 17.9 Å². The molecule has 1 fully saturated rings. The summed E-state index contributed by atoms with van der Waals surface area (Å²) in [6.07, 6.45) is 6.40. The minimum atomic E-state index is -0.758. The van der Waals surface area contributed by atoms with E-state index < -0.39 is 5.60 Å². The van der Waals surface area contributed by atoms with E-state index in [9.17, 15) is 9.90 Å². The van der Waals surface area contributed by atoms with Gasteiger partial charge >= 0.3 is 0 Å². The van der Waals surface area contributed by atoms with E-state index in [4.69, 9.17) is 5.73 Å². The number of rotatable bonds is 6. The number of hydrogen-bond acceptors (Lipinski definition) is 5. The molecule has 1 heterocycles. The molecule has 4 N–H and O–H groups in total. The third-order valence-electron chi connectivity index (χ3n) is 4.33. The number of carbonyl (C=O) groups is 1. The van der Waals surface area contributed by atoms with Crippen LogP contribution < -0.4 is 11.1 Å². The smallest absolute Gasteiger partial charge is 0.241 e. The van der Waals surface area contributed by atoms with Gasteiger partial charge in [0, 0.05) is 13.1 Å². The molecule has 1 saturated carbocycles. The Morgan fingerprint density at radius 1 is 1.57 bits per heavy atom. The number of carbonyl (C=O) groups excluding carboxylic acids is 1. The summed E-state index contributed by atoms with van der Waals surface area (Å²) in [5, 5.41) is 20.9. The van der Waals surface area contributed by atoms with Gasteiger partial charge in [-0.25, -0.2) is 4.68 Å². The lowest BCUT2D eigenvalue weighted by Crippen LogP contribution is -2.46. The Labute approximate surface area is 124 Å². The second-order valence-corrected chi connectivity index (χ2v) is 5.96. The SMILES string of the molecule is CCC1CCC(O)(CNC(=O)Cn2cc(CN)nn2)CC1. The molecule has 0 unspecified atom stereocenters. The first-order chi connectivity index (χ1) is 10.0. The van der Waals surface area contributed by atoms with E-state index in [2.05, 4.69) is 22.6 Å². The summed E-state index contributed by atoms with van der Waals surface area (Å²) < 4.78 is 1.45. The van der Waals surface area contributed by atoms with Gasteiger partial charge in [-0.3, -0.25) is 4.79 Å². The highest BCUT2D eigenvalue weighted by Crippen LogP contribution is 2.33. The quantitative estimate of drug-likeness (QED) is 0.694. The van der Waals surface area contributed by atoms with E-state index in [0.717, 1.165) is 32.1 Å². The van der Waals surface area contributed by atoms with Crippen LogP contribution in [0.5, 0.6) is 0 Å². The van der Waals surface area contributed by atoms with Crippen LogP contribution in [0.25, 0.3) is 0 Å². The van der Waals surface area contributed by atoms with Crippen molar-refractivity contribution in [2.75, 3.05) is 6.54 Å². The number of nitrogens with two attached hydrogens (primary N) is 1. The zero-order valence-electron chi connectivity index (χ0n) is 12.6. The Morgan fingerprint density at radius 3 is 2.86 bits per heavy atom. The highest BCUT2D eigenvalue weighted by molar-refractivity contribution is 5.75. The van der Waals surface area contributed by atoms with E-state index in [-0.39, 0.29) is 12.5 Å². The molecule has 0 radical (unpaired) electrons. The lowest BCUT2D eigenvalue weighted by atomic mass is 9.78. The minimum Gasteiger partial charge on any atom is -0.388 e. The number of aliphatic hydroxyl groups is 1. The van der Waals surface area contributed by atoms with Crippen molar-refractivity contribution >= 4 is 5.91 Å². The molecule has 7 heteroatoms. The van der Waals surface area contributed by atoms with Crippen LogP contribution in [0.3, 0.4) is 0 Å². The van der Waals surface area contributed by atoms with Crippen LogP contribution >= 0.6 is 0 Å². The molecular formula is C14H25N5O2. The van der Waals surface area contributed by atoms with Gasteiger partial charge in [0.05, 0.1) is 17.5 Å². The summed E-state index contributed by atoms with van der Waals surface area (Å²) in [6, 6.07) is 0. The summed E-state index contributed by atoms with van der Waals surface area (Å²) in [4.78, 5) is 11.9. The van der Waals surface area contributed by atoms with Crippen LogP contribution in [0.1, 0.15) is 44.7 Å². The fraction of sp³-hybridized carbons (Fsp3) is 0.786. The van der Waals surface area contributed by atoms with Gasteiger partial charge < -0.3 is 16.2 Å². The number of aromatic nitrogens is 3. The summed E-state index contributed by atoms with van der Waals surface area (Å²) >= 11 is 0. The van der Waals surface area contributed by atoms with E-state index in [0.29, 0.717) is 24.7 Å². The molecule has 1 aliphatic carbocycles. The highest BCUT2D eigenvalue weighted by Gasteiger charge is 2.32. The molecule has 0 atom stereocenters. The van der Waals surface area contributed by atoms with Crippen molar-refractivity contribution < 1.29 is 9.90 Å². The molecule has 1 aliphatic rings. The molecule has 1 amide bonds. The number of nitrogens with zero attached hydrogens (tertiary/aromatic N) is 3. The Morgan fingerprint density at radius 2 is 2.29 bits per heavy atom. The fourth-order valence-electron chi connectivity index (χ4n) is 2.78. The summed E-state index contributed by atoms with van der Waals surface area (Å²) in [6.45, 7) is 2.89. The molecule has 0 bridgehead atoms. The van der Waals surface area contributed by atoms with Gasteiger partial charge in [-0.2, -0.15) is 0 Å². The summed E-state index contributed by atoms with van der Waals surface area (Å²) in [5.41, 5.74) is 5.34. The van der Waals surface area contributed by atoms with Crippen molar-refractivity contribution in [3.8, 4) is 0 Å². The van der Waals surface area contributed by atoms with Gasteiger partial charge in [-0.1, -0.05) is 18.6 Å². The van der Waals surface area contributed by atoms with E-state index in [1.165, 1.54) is 4.68 Å². The van der Waals surface area contributed by atoms with E-state index in [1.807, 2.05) is 0 Å². The molecule has 0 aromatic carbocycles. The largest absolute Gasteiger partial charge is 0.388 e. The molecule has 21 heavy (non-hydrogen) atoms. The molecule has 118 valence electrons. The molecule has 7 nitrogen and oxygen atoms in total. The number of hydrogen-bond donors (Lipinski definition) is 3. The minimum absolute atomic E-state index is 0.0979. The average molecular weight is 295 g/mol. The number of amides is 1. The second-order valence-electron chi connectivity index (χ2n) is 5.96. The lowest BCUT2D eigenvalue weighted by molar-refractivity contribution is -0.123. The molecular weight excluding hydrogens is 270 g/mol. The first kappa shape index (κ1) is 15.9. The van der Waals surface area contributed by atoms with Crippen molar-refractivity contribution in [1.82, 2.24) is 20.3 Å². The molecule has 1 aromatic heterocycles. The molecule has 0 spiro atoms. The number of nitrogens with one attached hydrogen (secondary N) is 1. The van der Waals surface area contributed by atoms with Crippen LogP contribution in [0.15, 0.2) is 6.20 Å². The monoisotopic (exact) mass is 295 g/mol. The van der Waals surface area contributed by atoms with Crippen molar-refractivity contribution in [2.45, 2.75) is 57.7 Å². The van der Waals surface area contributed by atoms with Gasteiger partial charge in [0.1, 0.15) is 6.54 Å². The van der Waals surface area contributed by atoms with Gasteiger partial charge in [0.2, 0.25) is 5.91 Å². The third kappa shape index (κ3) is 4.50. The van der Waals surface area contributed by atoms with Crippen molar-refractivity contribution in [1.29, 1.82) is 0 Å². The van der Waals surface area contributed by atoms with Crippen molar-refractivity contribution in [3.63, 3.8) is 0 Å². The summed E-state index contributed by atoms with van der Waals surface area (Å²) in [7, 11) is 0. The molecule has 0 aliphatic heterocycles. The van der Waals surface area contributed by atoms with Crippen LogP contribution in [-0.4, -0.2) is 38.2 Å².